The van der Waals surface area contributed by atoms with Crippen LogP contribution in [-0.2, 0) is 6.42 Å². The average Bonchev–Trinajstić information content (AvgIpc) is 2.56. The standard InChI is InChI=1S/C19H31N3O2S/c1-14(2)16(13-25)9-10-20-19(24)21-12-17(22(3)4)11-15-5-7-18(23)8-6-15/h5-8,13-14,17,23,25H,9-12H2,1-4H3,(H2,20,21,24)/b16-13-. The normalized spacial score (nSPS) is 13.2. The zero-order chi connectivity index (χ0) is 18.8. The lowest BCUT2D eigenvalue weighted by Gasteiger charge is -2.25. The molecule has 5 nitrogen and oxygen atoms in total. The summed E-state index contributed by atoms with van der Waals surface area (Å²) < 4.78 is 0. The molecule has 1 rings (SSSR count). The van der Waals surface area contributed by atoms with Crippen LogP contribution < -0.4 is 10.6 Å². The van der Waals surface area contributed by atoms with Gasteiger partial charge >= 0.3 is 6.03 Å². The highest BCUT2D eigenvalue weighted by Gasteiger charge is 2.14. The van der Waals surface area contributed by atoms with E-state index in [9.17, 15) is 9.90 Å². The molecular weight excluding hydrogens is 334 g/mol. The summed E-state index contributed by atoms with van der Waals surface area (Å²) in [6.07, 6.45) is 1.60. The second-order valence-electron chi connectivity index (χ2n) is 6.73. The first-order chi connectivity index (χ1) is 11.8. The lowest BCUT2D eigenvalue weighted by atomic mass is 10.0. The third kappa shape index (κ3) is 8.31. The number of amides is 2. The van der Waals surface area contributed by atoms with Crippen LogP contribution in [0.5, 0.6) is 5.75 Å². The Hall–Kier alpha value is -1.66. The molecule has 6 heteroatoms. The van der Waals surface area contributed by atoms with Crippen molar-refractivity contribution in [2.24, 2.45) is 5.92 Å². The zero-order valence-electron chi connectivity index (χ0n) is 15.6. The number of hydrogen-bond acceptors (Lipinski definition) is 4. The molecule has 0 aliphatic carbocycles. The van der Waals surface area contributed by atoms with E-state index in [-0.39, 0.29) is 17.8 Å². The number of likely N-dealkylation sites (N-methyl/N-ethyl adjacent to an activating group) is 1. The molecule has 0 bridgehead atoms. The highest BCUT2D eigenvalue weighted by atomic mass is 32.1. The van der Waals surface area contributed by atoms with Crippen molar-refractivity contribution in [3.8, 4) is 5.75 Å². The number of phenols is 1. The first-order valence-electron chi connectivity index (χ1n) is 8.62. The Labute approximate surface area is 156 Å². The van der Waals surface area contributed by atoms with Crippen molar-refractivity contribution >= 4 is 18.7 Å². The Balaban J connectivity index is 2.41. The fourth-order valence-electron chi connectivity index (χ4n) is 2.44. The van der Waals surface area contributed by atoms with Gasteiger partial charge in [-0.25, -0.2) is 4.79 Å². The molecular formula is C19H31N3O2S. The van der Waals surface area contributed by atoms with E-state index in [0.717, 1.165) is 18.4 Å². The van der Waals surface area contributed by atoms with Gasteiger partial charge in [0.2, 0.25) is 0 Å². The van der Waals surface area contributed by atoms with Crippen LogP contribution in [0.25, 0.3) is 0 Å². The summed E-state index contributed by atoms with van der Waals surface area (Å²) in [7, 11) is 3.99. The molecule has 1 aromatic rings. The predicted octanol–water partition coefficient (Wildman–Crippen LogP) is 3.02. The molecule has 0 saturated carbocycles. The molecule has 140 valence electrons. The Kier molecular flexibility index (Phi) is 9.45. The first kappa shape index (κ1) is 21.4. The van der Waals surface area contributed by atoms with Gasteiger partial charge in [-0.1, -0.05) is 31.6 Å². The number of carbonyl (C=O) groups is 1. The van der Waals surface area contributed by atoms with Gasteiger partial charge in [0.1, 0.15) is 5.75 Å². The van der Waals surface area contributed by atoms with E-state index in [1.54, 1.807) is 12.1 Å². The Morgan fingerprint density at radius 1 is 1.24 bits per heavy atom. The van der Waals surface area contributed by atoms with Crippen LogP contribution in [0.4, 0.5) is 4.79 Å². The maximum Gasteiger partial charge on any atom is 0.314 e. The van der Waals surface area contributed by atoms with Gasteiger partial charge in [0.05, 0.1) is 0 Å². The average molecular weight is 366 g/mol. The first-order valence-corrected chi connectivity index (χ1v) is 9.14. The van der Waals surface area contributed by atoms with Crippen molar-refractivity contribution in [2.45, 2.75) is 32.7 Å². The molecule has 0 heterocycles. The minimum atomic E-state index is -0.153. The van der Waals surface area contributed by atoms with Gasteiger partial charge in [-0.05, 0) is 56.0 Å². The van der Waals surface area contributed by atoms with Crippen molar-refractivity contribution in [1.29, 1.82) is 0 Å². The molecule has 1 atom stereocenters. The SMILES string of the molecule is CC(C)/C(=C\S)CCNC(=O)NCC(Cc1ccc(O)cc1)N(C)C. The summed E-state index contributed by atoms with van der Waals surface area (Å²) in [5.41, 5.74) is 2.35. The van der Waals surface area contributed by atoms with Gasteiger partial charge in [-0.3, -0.25) is 0 Å². The van der Waals surface area contributed by atoms with Crippen molar-refractivity contribution < 1.29 is 9.90 Å². The molecule has 25 heavy (non-hydrogen) atoms. The fourth-order valence-corrected chi connectivity index (χ4v) is 2.86. The van der Waals surface area contributed by atoms with Crippen LogP contribution in [0.15, 0.2) is 35.2 Å². The van der Waals surface area contributed by atoms with Gasteiger partial charge < -0.3 is 20.6 Å². The lowest BCUT2D eigenvalue weighted by Crippen LogP contribution is -2.45. The fraction of sp³-hybridized carbons (Fsp3) is 0.526. The number of nitrogens with zero attached hydrogens (tertiary/aromatic N) is 1. The third-order valence-electron chi connectivity index (χ3n) is 4.24. The van der Waals surface area contributed by atoms with Crippen LogP contribution >= 0.6 is 12.6 Å². The second-order valence-corrected chi connectivity index (χ2v) is 6.99. The molecule has 0 radical (unpaired) electrons. The molecule has 2 amide bonds. The Bertz CT molecular complexity index is 556. The maximum atomic E-state index is 12.0. The van der Waals surface area contributed by atoms with Crippen LogP contribution in [0.1, 0.15) is 25.8 Å². The van der Waals surface area contributed by atoms with Crippen molar-refractivity contribution in [3.63, 3.8) is 0 Å². The third-order valence-corrected chi connectivity index (χ3v) is 4.57. The number of phenolic OH excluding ortho intramolecular Hbond substituents is 1. The number of thiol groups is 1. The number of carbonyl (C=O) groups excluding carboxylic acids is 1. The number of aromatic hydroxyl groups is 1. The van der Waals surface area contributed by atoms with Crippen molar-refractivity contribution in [3.05, 3.63) is 40.8 Å². The van der Waals surface area contributed by atoms with E-state index in [1.165, 1.54) is 5.57 Å². The topological polar surface area (TPSA) is 64.6 Å². The summed E-state index contributed by atoms with van der Waals surface area (Å²) in [5, 5.41) is 17.0. The summed E-state index contributed by atoms with van der Waals surface area (Å²) in [6.45, 7) is 5.39. The van der Waals surface area contributed by atoms with Gasteiger partial charge in [-0.15, -0.1) is 0 Å². The van der Waals surface area contributed by atoms with E-state index in [1.807, 2.05) is 31.6 Å². The lowest BCUT2D eigenvalue weighted by molar-refractivity contribution is 0.232. The highest BCUT2D eigenvalue weighted by molar-refractivity contribution is 7.83. The summed E-state index contributed by atoms with van der Waals surface area (Å²) in [6, 6.07) is 7.21. The second kappa shape index (κ2) is 11.1. The number of hydrogen-bond donors (Lipinski definition) is 4. The van der Waals surface area contributed by atoms with Crippen LogP contribution in [-0.4, -0.2) is 49.3 Å². The predicted molar refractivity (Wildman–Crippen MR) is 107 cm³/mol. The molecule has 0 aliphatic rings. The molecule has 3 N–H and O–H groups in total. The smallest absolute Gasteiger partial charge is 0.314 e. The van der Waals surface area contributed by atoms with Gasteiger partial charge in [0, 0.05) is 19.1 Å². The quantitative estimate of drug-likeness (QED) is 0.509. The summed E-state index contributed by atoms with van der Waals surface area (Å²) in [5.74, 6) is 0.699. The molecule has 0 spiro atoms. The molecule has 1 aromatic carbocycles. The van der Waals surface area contributed by atoms with E-state index < -0.39 is 0 Å². The van der Waals surface area contributed by atoms with E-state index >= 15 is 0 Å². The van der Waals surface area contributed by atoms with E-state index in [4.69, 9.17) is 0 Å². The van der Waals surface area contributed by atoms with Crippen LogP contribution in [0.2, 0.25) is 0 Å². The number of nitrogens with one attached hydrogen (secondary N) is 2. The number of benzene rings is 1. The van der Waals surface area contributed by atoms with Crippen LogP contribution in [0, 0.1) is 5.92 Å². The molecule has 1 unspecified atom stereocenters. The highest BCUT2D eigenvalue weighted by Crippen LogP contribution is 2.14. The molecule has 0 saturated heterocycles. The van der Waals surface area contributed by atoms with E-state index in [0.29, 0.717) is 19.0 Å². The number of urea groups is 1. The van der Waals surface area contributed by atoms with Gasteiger partial charge in [-0.2, -0.15) is 12.6 Å². The van der Waals surface area contributed by atoms with Crippen molar-refractivity contribution in [1.82, 2.24) is 15.5 Å². The minimum absolute atomic E-state index is 0.153. The van der Waals surface area contributed by atoms with Crippen LogP contribution in [0.3, 0.4) is 0 Å². The zero-order valence-corrected chi connectivity index (χ0v) is 16.5. The Morgan fingerprint density at radius 2 is 1.88 bits per heavy atom. The van der Waals surface area contributed by atoms with Gasteiger partial charge in [0.15, 0.2) is 0 Å². The van der Waals surface area contributed by atoms with E-state index in [2.05, 4.69) is 42.0 Å². The monoisotopic (exact) mass is 365 g/mol. The summed E-state index contributed by atoms with van der Waals surface area (Å²) >= 11 is 4.21. The van der Waals surface area contributed by atoms with Crippen molar-refractivity contribution in [2.75, 3.05) is 27.2 Å². The molecule has 0 fully saturated rings. The Morgan fingerprint density at radius 3 is 2.40 bits per heavy atom. The van der Waals surface area contributed by atoms with Gasteiger partial charge in [0.25, 0.3) is 0 Å². The maximum absolute atomic E-state index is 12.0. The summed E-state index contributed by atoms with van der Waals surface area (Å²) in [4.78, 5) is 14.1. The minimum Gasteiger partial charge on any atom is -0.508 e. The number of rotatable bonds is 9. The molecule has 0 aliphatic heterocycles. The largest absolute Gasteiger partial charge is 0.508 e. The molecule has 0 aromatic heterocycles.